The third-order valence-electron chi connectivity index (χ3n) is 19.7. The maximum absolute atomic E-state index is 14.7. The predicted octanol–water partition coefficient (Wildman–Crippen LogP) is 1.66. The second kappa shape index (κ2) is 36.2. The van der Waals surface area contributed by atoms with E-state index in [-0.39, 0.29) is 71.2 Å². The van der Waals surface area contributed by atoms with Gasteiger partial charge in [0.1, 0.15) is 114 Å². The average molecular weight is 1830 g/mol. The number of nitrogen functional groups attached to an aromatic ring is 2. The van der Waals surface area contributed by atoms with Crippen molar-refractivity contribution in [3.8, 4) is 0 Å². The van der Waals surface area contributed by atoms with E-state index >= 15 is 0 Å². The molecule has 0 amide bonds. The summed E-state index contributed by atoms with van der Waals surface area (Å²) in [5, 5.41) is 8.70. The van der Waals surface area contributed by atoms with E-state index in [0.29, 0.717) is 16.9 Å². The molecular formula is C64H79N19O33P5S+. The third-order valence-corrected chi connectivity index (χ3v) is 24.6. The summed E-state index contributed by atoms with van der Waals surface area (Å²) < 4.78 is 191. The topological polar surface area (TPSA) is 701 Å². The predicted molar refractivity (Wildman–Crippen MR) is 412 cm³/mol. The lowest BCUT2D eigenvalue weighted by Gasteiger charge is -2.27. The van der Waals surface area contributed by atoms with Crippen LogP contribution in [0.3, 0.4) is 0 Å². The van der Waals surface area contributed by atoms with Gasteiger partial charge in [0.05, 0.1) is 51.9 Å². The molecule has 0 radical (unpaired) electrons. The molecule has 0 aliphatic carbocycles. The summed E-state index contributed by atoms with van der Waals surface area (Å²) in [5.41, 5.74) is 10.5. The van der Waals surface area contributed by atoms with Crippen molar-refractivity contribution in [1.82, 2.24) is 73.1 Å². The molecule has 0 spiro atoms. The van der Waals surface area contributed by atoms with Crippen LogP contribution >= 0.6 is 39.1 Å². The number of aromatic amines is 2. The molecule has 10 aromatic rings. The highest BCUT2D eigenvalue weighted by Gasteiger charge is 2.54. The number of aromatic nitrogens is 16. The summed E-state index contributed by atoms with van der Waals surface area (Å²) in [7, 11) is -32.5. The third kappa shape index (κ3) is 21.3. The van der Waals surface area contributed by atoms with Crippen LogP contribution in [0.1, 0.15) is 87.0 Å². The largest absolute Gasteiger partial charge is 0.472 e. The quantitative estimate of drug-likeness (QED) is 0.0150. The molecule has 58 heteroatoms. The van der Waals surface area contributed by atoms with Crippen molar-refractivity contribution in [3.63, 3.8) is 0 Å². The van der Waals surface area contributed by atoms with E-state index in [1.807, 2.05) is 43.1 Å². The number of imidazole rings is 2. The summed E-state index contributed by atoms with van der Waals surface area (Å²) in [6.07, 6.45) is -10.7. The van der Waals surface area contributed by atoms with E-state index < -0.39 is 202 Å². The van der Waals surface area contributed by atoms with Gasteiger partial charge in [-0.05, 0) is 50.6 Å². The maximum atomic E-state index is 14.7. The Morgan fingerprint density at radius 2 is 1.20 bits per heavy atom. The minimum Gasteiger partial charge on any atom is -0.457 e. The first-order valence-corrected chi connectivity index (χ1v) is 45.7. The molecule has 13 heterocycles. The number of H-pyrrole nitrogens is 2. The molecule has 52 nitrogen and oxygen atoms in total. The van der Waals surface area contributed by atoms with Gasteiger partial charge in [-0.2, -0.15) is 13.0 Å². The first kappa shape index (κ1) is 89.2. The number of nitrogens with one attached hydrogen (secondary N) is 2. The van der Waals surface area contributed by atoms with Gasteiger partial charge in [0.15, 0.2) is 41.9 Å². The lowest BCUT2D eigenvalue weighted by Crippen LogP contribution is -2.40. The van der Waals surface area contributed by atoms with Gasteiger partial charge in [0, 0.05) is 98.6 Å². The number of aryl methyl sites for hydroxylation is 3. The first-order valence-electron chi connectivity index (χ1n) is 36.7. The van der Waals surface area contributed by atoms with Gasteiger partial charge in [0.2, 0.25) is 0 Å². The number of nitrogens with two attached hydrogens (primary N) is 2. The maximum Gasteiger partial charge on any atom is 0.472 e. The molecule has 4 fully saturated rings. The second-order valence-corrected chi connectivity index (χ2v) is 35.9. The van der Waals surface area contributed by atoms with Crippen LogP contribution in [0.25, 0.3) is 45.4 Å². The Kier molecular flexibility index (Phi) is 26.5. The Morgan fingerprint density at radius 1 is 0.631 bits per heavy atom. The lowest BCUT2D eigenvalue weighted by atomic mass is 10.1. The minimum absolute atomic E-state index is 0.0130. The van der Waals surface area contributed by atoms with Crippen molar-refractivity contribution in [3.05, 3.63) is 157 Å². The fraction of sp³-hybridized carbons (Fsp3) is 0.453. The molecule has 0 saturated carbocycles. The number of fused-ring (bicyclic) bond motifs is 3. The number of nitrogens with zero attached hydrogens (tertiary/aromatic N) is 15. The Morgan fingerprint density at radius 3 is 1.77 bits per heavy atom. The van der Waals surface area contributed by atoms with Crippen LogP contribution in [0.2, 0.25) is 0 Å². The molecule has 9 aromatic heterocycles. The lowest BCUT2D eigenvalue weighted by molar-refractivity contribution is -0.734. The van der Waals surface area contributed by atoms with Crippen molar-refractivity contribution >= 4 is 112 Å². The van der Waals surface area contributed by atoms with Crippen LogP contribution in [-0.2, 0) is 113 Å². The molecule has 4 aliphatic rings. The SMILES string of the molecule is CCN(CC)c1ccc2cc(/C=C/c3cc[n+](CCCn4cc(CO[C@H]5C(n6ccc(=O)[nH]c6=O)O[C@H](COP(=O)(O)O[C@H]6C[C@H](n7cnc8c(N)ncnc87)O[C@@H]6COP(=O)(O)O[C@H]6C[C@H](n7cc(C)c(=O)[nH]c7=O)O[C@@H]6COP(=O)(O)O)[C@H]5OP(=O)(O)OC[C@H]5O[C@@H](n6cnc7c(N)ncnc76)C[C@@H]5OP(=O)(O)O)nn4)c(S(=O)(=O)O)c3)oc2c1. The number of furan rings is 1. The molecule has 14 rings (SSSR count). The number of ether oxygens (including phenoxy) is 5. The summed E-state index contributed by atoms with van der Waals surface area (Å²) in [6.45, 7) is 1.88. The number of benzene rings is 1. The van der Waals surface area contributed by atoms with E-state index in [2.05, 4.69) is 54.6 Å². The van der Waals surface area contributed by atoms with E-state index in [1.54, 1.807) is 18.2 Å². The second-order valence-electron chi connectivity index (χ2n) is 27.8. The minimum atomic E-state index is -5.78. The van der Waals surface area contributed by atoms with E-state index in [0.717, 1.165) is 64.4 Å². The monoisotopic (exact) mass is 1830 g/mol. The normalized spacial score (nSPS) is 24.4. The van der Waals surface area contributed by atoms with E-state index in [4.69, 9.17) is 71.2 Å². The zero-order valence-electron chi connectivity index (χ0n) is 63.8. The van der Waals surface area contributed by atoms with Crippen molar-refractivity contribution in [2.45, 2.75) is 151 Å². The Hall–Kier alpha value is -9.09. The highest BCUT2D eigenvalue weighted by molar-refractivity contribution is 7.85. The Balaban J connectivity index is 0.713. The van der Waals surface area contributed by atoms with Crippen molar-refractivity contribution < 1.29 is 139 Å². The van der Waals surface area contributed by atoms with Crippen molar-refractivity contribution in [2.75, 3.05) is 55.9 Å². The fourth-order valence-electron chi connectivity index (χ4n) is 14.0. The molecule has 4 saturated heterocycles. The number of phosphoric acid groups is 5. The summed E-state index contributed by atoms with van der Waals surface area (Å²) in [4.78, 5) is 157. The van der Waals surface area contributed by atoms with Crippen molar-refractivity contribution in [2.24, 2.45) is 0 Å². The zero-order chi connectivity index (χ0) is 87.1. The Labute approximate surface area is 684 Å². The number of phosphoric ester groups is 5. The molecule has 0 bridgehead atoms. The van der Waals surface area contributed by atoms with Crippen molar-refractivity contribution in [1.29, 1.82) is 0 Å². The van der Waals surface area contributed by atoms with Gasteiger partial charge in [-0.25, -0.2) is 62.3 Å². The average Bonchev–Trinajstić information content (AvgIpc) is 1.63. The summed E-state index contributed by atoms with van der Waals surface area (Å²) in [6, 6.07) is 11.4. The van der Waals surface area contributed by atoms with Crippen LogP contribution in [0.5, 0.6) is 0 Å². The summed E-state index contributed by atoms with van der Waals surface area (Å²) >= 11 is 0. The molecular weight excluding hydrogens is 1750 g/mol. The van der Waals surface area contributed by atoms with Crippen LogP contribution in [0.4, 0.5) is 17.3 Å². The molecule has 4 aliphatic heterocycles. The highest BCUT2D eigenvalue weighted by atomic mass is 32.2. The Bertz CT molecular complexity index is 6190. The highest BCUT2D eigenvalue weighted by Crippen LogP contribution is 2.55. The van der Waals surface area contributed by atoms with Gasteiger partial charge in [-0.3, -0.25) is 83.2 Å². The fourth-order valence-corrected chi connectivity index (χ4v) is 18.5. The van der Waals surface area contributed by atoms with Gasteiger partial charge < -0.3 is 78.7 Å². The standard InChI is InChI=1S/C64H78N19O33P5S/c1-4-77(5-2)38-9-8-36-18-39(108-40(36)19-38)10-7-35-11-15-78(52(17-35)122(100,101)102)13-6-14-79-24-37(75-76-79)25-103-56-55(116-121(98,99)106-27-45-41(113-118(91,92)93)20-50(110-45)82-32-71-53-57(65)67-30-69-59(53)82)47(112-62(56)80-16-12-48(84)73-63(80)86)29-107-120(96,97)115-43-22-51(83-33-72-54-58(66)68-31-70-60(54)83)111-46(43)28-105-119(94,95)114-42-21-49(109-44(42)26-104-117(88,89)90)81-23-34(3)61(85)74-64(81)87/h7-12,15-19,23-24,30-33,41-47,49-51,55-56,62H,4-6,13-14,20-22,25-29H2,1-3H3,(H13-,65,66,67,68,69,70,73,74,84,85,86,87,88,89,90,91,92,93,94,95,96,97,98,99,100,101,102)/p+1/t41-,42-,43-,44+,45+,46+,47+,49+,50+,51+,55+,56+,62?/m0/s1. The van der Waals surface area contributed by atoms with Gasteiger partial charge in [-0.1, -0.05) is 11.3 Å². The van der Waals surface area contributed by atoms with Gasteiger partial charge >= 0.3 is 65.6 Å². The van der Waals surface area contributed by atoms with E-state index in [9.17, 15) is 89.2 Å². The molecule has 14 N–H and O–H groups in total. The molecule has 122 heavy (non-hydrogen) atoms. The smallest absolute Gasteiger partial charge is 0.457 e. The summed E-state index contributed by atoms with van der Waals surface area (Å²) in [5.74, 6) is 0.337. The van der Waals surface area contributed by atoms with E-state index in [1.165, 1.54) is 56.4 Å². The van der Waals surface area contributed by atoms with Gasteiger partial charge in [0.25, 0.3) is 11.1 Å². The number of pyridine rings is 1. The van der Waals surface area contributed by atoms with Gasteiger partial charge in [-0.15, -0.1) is 5.10 Å². The van der Waals surface area contributed by atoms with Crippen LogP contribution < -0.4 is 43.4 Å². The zero-order valence-corrected chi connectivity index (χ0v) is 69.1. The molecule has 1 aromatic carbocycles. The number of hydrogen-bond donors (Lipinski definition) is 12. The molecule has 4 unspecified atom stereocenters. The number of rotatable bonds is 37. The first-order chi connectivity index (χ1) is 57.7. The molecule has 16 atom stereocenters. The number of hydrogen-bond acceptors (Lipinski definition) is 36. The number of anilines is 3. The van der Waals surface area contributed by atoms with Crippen LogP contribution in [0.15, 0.2) is 121 Å². The molecule has 658 valence electrons. The van der Waals surface area contributed by atoms with Crippen LogP contribution in [0, 0.1) is 6.92 Å². The van der Waals surface area contributed by atoms with Crippen LogP contribution in [-0.4, -0.2) is 215 Å².